The van der Waals surface area contributed by atoms with Crippen LogP contribution in [-0.2, 0) is 12.7 Å². The zero-order valence-electron chi connectivity index (χ0n) is 17.9. The van der Waals surface area contributed by atoms with Crippen molar-refractivity contribution < 1.29 is 22.0 Å². The monoisotopic (exact) mass is 481 g/mol. The SMILES string of the molecule is O=c1[nH]ccc2c1c(-c1ccc(F)cc1)c(-c1ccncc1)n2Cc1ccc(C(F)(F)F)cc1F. The Morgan fingerprint density at radius 3 is 2.26 bits per heavy atom. The smallest absolute Gasteiger partial charge is 0.335 e. The average Bonchev–Trinajstić information content (AvgIpc) is 3.16. The van der Waals surface area contributed by atoms with Crippen LogP contribution in [0.2, 0.25) is 0 Å². The maximum absolute atomic E-state index is 14.8. The Morgan fingerprint density at radius 1 is 0.886 bits per heavy atom. The summed E-state index contributed by atoms with van der Waals surface area (Å²) >= 11 is 0. The molecule has 3 heterocycles. The molecule has 0 spiro atoms. The Labute approximate surface area is 195 Å². The van der Waals surface area contributed by atoms with Crippen LogP contribution >= 0.6 is 0 Å². The van der Waals surface area contributed by atoms with Crippen LogP contribution < -0.4 is 5.56 Å². The minimum absolute atomic E-state index is 0.0103. The molecule has 0 aliphatic carbocycles. The summed E-state index contributed by atoms with van der Waals surface area (Å²) in [7, 11) is 0. The number of H-pyrrole nitrogens is 1. The molecule has 0 aliphatic rings. The molecule has 176 valence electrons. The van der Waals surface area contributed by atoms with Gasteiger partial charge in [0, 0.05) is 35.3 Å². The number of halogens is 5. The third-order valence-corrected chi connectivity index (χ3v) is 5.78. The van der Waals surface area contributed by atoms with E-state index >= 15 is 0 Å². The van der Waals surface area contributed by atoms with Gasteiger partial charge >= 0.3 is 6.18 Å². The minimum Gasteiger partial charge on any atom is -0.335 e. The van der Waals surface area contributed by atoms with Crippen LogP contribution in [0.25, 0.3) is 33.3 Å². The summed E-state index contributed by atoms with van der Waals surface area (Å²) < 4.78 is 69.3. The lowest BCUT2D eigenvalue weighted by Crippen LogP contribution is -2.09. The molecular formula is C26H16F5N3O. The number of hydrogen-bond donors (Lipinski definition) is 1. The number of hydrogen-bond acceptors (Lipinski definition) is 2. The molecule has 0 radical (unpaired) electrons. The van der Waals surface area contributed by atoms with Crippen molar-refractivity contribution in [2.24, 2.45) is 0 Å². The zero-order valence-corrected chi connectivity index (χ0v) is 17.9. The maximum Gasteiger partial charge on any atom is 0.416 e. The number of rotatable bonds is 4. The molecule has 9 heteroatoms. The van der Waals surface area contributed by atoms with Crippen LogP contribution in [0.4, 0.5) is 22.0 Å². The van der Waals surface area contributed by atoms with Gasteiger partial charge in [-0.15, -0.1) is 0 Å². The van der Waals surface area contributed by atoms with Crippen molar-refractivity contribution >= 4 is 10.9 Å². The summed E-state index contributed by atoms with van der Waals surface area (Å²) in [5.41, 5.74) is 1.15. The molecule has 0 amide bonds. The third-order valence-electron chi connectivity index (χ3n) is 5.78. The summed E-state index contributed by atoms with van der Waals surface area (Å²) in [6.45, 7) is -0.150. The van der Waals surface area contributed by atoms with E-state index in [4.69, 9.17) is 0 Å². The molecular weight excluding hydrogens is 465 g/mol. The van der Waals surface area contributed by atoms with Gasteiger partial charge in [0.1, 0.15) is 11.6 Å². The van der Waals surface area contributed by atoms with Crippen molar-refractivity contribution in [3.8, 4) is 22.4 Å². The predicted molar refractivity (Wildman–Crippen MR) is 122 cm³/mol. The molecule has 0 unspecified atom stereocenters. The first-order chi connectivity index (χ1) is 16.7. The third kappa shape index (κ3) is 4.09. The number of benzene rings is 2. The number of pyridine rings is 2. The summed E-state index contributed by atoms with van der Waals surface area (Å²) in [4.78, 5) is 19.6. The highest BCUT2D eigenvalue weighted by molar-refractivity contribution is 6.04. The van der Waals surface area contributed by atoms with Gasteiger partial charge < -0.3 is 9.55 Å². The first kappa shape index (κ1) is 22.5. The van der Waals surface area contributed by atoms with E-state index in [1.54, 1.807) is 35.2 Å². The van der Waals surface area contributed by atoms with Crippen molar-refractivity contribution in [2.75, 3.05) is 0 Å². The molecule has 0 atom stereocenters. The van der Waals surface area contributed by atoms with Gasteiger partial charge in [-0.25, -0.2) is 8.78 Å². The average molecular weight is 481 g/mol. The van der Waals surface area contributed by atoms with E-state index in [-0.39, 0.29) is 12.1 Å². The molecule has 4 nitrogen and oxygen atoms in total. The van der Waals surface area contributed by atoms with E-state index in [0.717, 1.165) is 12.1 Å². The lowest BCUT2D eigenvalue weighted by Gasteiger charge is -2.15. The molecule has 0 saturated carbocycles. The van der Waals surface area contributed by atoms with Crippen molar-refractivity contribution in [1.29, 1.82) is 0 Å². The fourth-order valence-electron chi connectivity index (χ4n) is 4.20. The fraction of sp³-hybridized carbons (Fsp3) is 0.0769. The fourth-order valence-corrected chi connectivity index (χ4v) is 4.20. The van der Waals surface area contributed by atoms with E-state index in [1.807, 2.05) is 0 Å². The second kappa shape index (κ2) is 8.50. The predicted octanol–water partition coefficient (Wildman–Crippen LogP) is 6.40. The minimum atomic E-state index is -4.68. The Hall–Kier alpha value is -4.27. The van der Waals surface area contributed by atoms with E-state index in [2.05, 4.69) is 9.97 Å². The molecule has 5 rings (SSSR count). The summed E-state index contributed by atoms with van der Waals surface area (Å²) in [6.07, 6.45) is -0.136. The van der Waals surface area contributed by atoms with Crippen LogP contribution in [-0.4, -0.2) is 14.5 Å². The van der Waals surface area contributed by atoms with Gasteiger partial charge in [-0.3, -0.25) is 9.78 Å². The highest BCUT2D eigenvalue weighted by Crippen LogP contribution is 2.40. The normalized spacial score (nSPS) is 11.8. The van der Waals surface area contributed by atoms with Gasteiger partial charge in [0.15, 0.2) is 0 Å². The molecule has 5 aromatic rings. The number of nitrogens with zero attached hydrogens (tertiary/aromatic N) is 2. The van der Waals surface area contributed by atoms with Crippen LogP contribution in [0.15, 0.2) is 84.0 Å². The zero-order chi connectivity index (χ0) is 24.7. The molecule has 2 aromatic carbocycles. The highest BCUT2D eigenvalue weighted by atomic mass is 19.4. The summed E-state index contributed by atoms with van der Waals surface area (Å²) in [5.74, 6) is -1.47. The second-order valence-electron chi connectivity index (χ2n) is 7.92. The van der Waals surface area contributed by atoms with Crippen LogP contribution in [0, 0.1) is 11.6 Å². The number of aromatic nitrogens is 3. The molecule has 35 heavy (non-hydrogen) atoms. The lowest BCUT2D eigenvalue weighted by atomic mass is 9.99. The van der Waals surface area contributed by atoms with E-state index in [9.17, 15) is 26.7 Å². The number of alkyl halides is 3. The van der Waals surface area contributed by atoms with Gasteiger partial charge in [-0.2, -0.15) is 13.2 Å². The van der Waals surface area contributed by atoms with Gasteiger partial charge in [-0.1, -0.05) is 18.2 Å². The number of nitrogens with one attached hydrogen (secondary N) is 1. The number of fused-ring (bicyclic) bond motifs is 1. The van der Waals surface area contributed by atoms with E-state index in [1.165, 1.54) is 30.5 Å². The Balaban J connectivity index is 1.81. The Bertz CT molecular complexity index is 1590. The quantitative estimate of drug-likeness (QED) is 0.302. The second-order valence-corrected chi connectivity index (χ2v) is 7.92. The number of aromatic amines is 1. The van der Waals surface area contributed by atoms with Crippen molar-refractivity contribution in [1.82, 2.24) is 14.5 Å². The van der Waals surface area contributed by atoms with Crippen molar-refractivity contribution in [2.45, 2.75) is 12.7 Å². The molecule has 0 aliphatic heterocycles. The lowest BCUT2D eigenvalue weighted by molar-refractivity contribution is -0.137. The molecule has 0 fully saturated rings. The highest BCUT2D eigenvalue weighted by Gasteiger charge is 2.31. The van der Waals surface area contributed by atoms with Crippen molar-refractivity contribution in [3.63, 3.8) is 0 Å². The summed E-state index contributed by atoms with van der Waals surface area (Å²) in [5, 5.41) is 0.290. The van der Waals surface area contributed by atoms with Gasteiger partial charge in [0.2, 0.25) is 0 Å². The first-order valence-electron chi connectivity index (χ1n) is 10.5. The van der Waals surface area contributed by atoms with Crippen LogP contribution in [0.5, 0.6) is 0 Å². The van der Waals surface area contributed by atoms with Crippen molar-refractivity contribution in [3.05, 3.63) is 112 Å². The maximum atomic E-state index is 14.8. The summed E-state index contributed by atoms with van der Waals surface area (Å²) in [6, 6.07) is 13.0. The van der Waals surface area contributed by atoms with Gasteiger partial charge in [-0.05, 0) is 48.0 Å². The van der Waals surface area contributed by atoms with Gasteiger partial charge in [0.25, 0.3) is 5.56 Å². The first-order valence-corrected chi connectivity index (χ1v) is 10.5. The largest absolute Gasteiger partial charge is 0.416 e. The molecule has 0 bridgehead atoms. The molecule has 0 saturated heterocycles. The van der Waals surface area contributed by atoms with Crippen LogP contribution in [0.1, 0.15) is 11.1 Å². The van der Waals surface area contributed by atoms with Crippen LogP contribution in [0.3, 0.4) is 0 Å². The van der Waals surface area contributed by atoms with E-state index < -0.39 is 28.9 Å². The van der Waals surface area contributed by atoms with E-state index in [0.29, 0.717) is 39.4 Å². The molecule has 1 N–H and O–H groups in total. The molecule has 3 aromatic heterocycles. The van der Waals surface area contributed by atoms with Gasteiger partial charge in [0.05, 0.1) is 28.7 Å². The Kier molecular flexibility index (Phi) is 5.47. The Morgan fingerprint density at radius 2 is 1.60 bits per heavy atom. The topological polar surface area (TPSA) is 50.7 Å². The standard InChI is InChI=1S/C26H16F5N3O/c27-19-5-2-15(3-6-19)22-23-21(9-12-33-25(23)35)34(24(22)16-7-10-32-11-8-16)14-17-1-4-18(13-20(17)28)26(29,30)31/h1-13H,14H2,(H,33,35).